The second-order valence-electron chi connectivity index (χ2n) is 7.81. The lowest BCUT2D eigenvalue weighted by Gasteiger charge is -2.15. The Hall–Kier alpha value is -3.73. The van der Waals surface area contributed by atoms with E-state index in [0.717, 1.165) is 16.7 Å². The number of hydrogen-bond donors (Lipinski definition) is 2. The summed E-state index contributed by atoms with van der Waals surface area (Å²) in [5.74, 6) is -1.96. The molecular formula is C26H24NO4+. The van der Waals surface area contributed by atoms with Crippen LogP contribution in [0.4, 0.5) is 0 Å². The van der Waals surface area contributed by atoms with Crippen LogP contribution < -0.4 is 4.57 Å². The van der Waals surface area contributed by atoms with E-state index in [1.807, 2.05) is 62.4 Å². The van der Waals surface area contributed by atoms with Crippen LogP contribution in [0.1, 0.15) is 41.7 Å². The minimum absolute atomic E-state index is 0.191. The molecule has 0 aliphatic rings. The molecule has 156 valence electrons. The van der Waals surface area contributed by atoms with Gasteiger partial charge in [-0.2, -0.15) is 4.57 Å². The Morgan fingerprint density at radius 1 is 0.871 bits per heavy atom. The molecule has 4 aromatic rings. The SMILES string of the molecule is CCCC(C(=O)O)[n+]1c2ccccc2c(C(=O)O)c2cc(-c3ccc(C)cc3)ccc21. The first-order chi connectivity index (χ1) is 14.9. The van der Waals surface area contributed by atoms with Crippen molar-refractivity contribution in [3.05, 3.63) is 77.9 Å². The van der Waals surface area contributed by atoms with Crippen LogP contribution in [0, 0.1) is 6.92 Å². The third kappa shape index (κ3) is 3.63. The summed E-state index contributed by atoms with van der Waals surface area (Å²) >= 11 is 0. The Morgan fingerprint density at radius 2 is 1.52 bits per heavy atom. The summed E-state index contributed by atoms with van der Waals surface area (Å²) in [5, 5.41) is 21.1. The first kappa shape index (κ1) is 20.5. The van der Waals surface area contributed by atoms with Crippen molar-refractivity contribution in [2.45, 2.75) is 32.7 Å². The molecule has 0 saturated carbocycles. The van der Waals surface area contributed by atoms with Crippen molar-refractivity contribution in [3.63, 3.8) is 0 Å². The average molecular weight is 414 g/mol. The van der Waals surface area contributed by atoms with E-state index < -0.39 is 18.0 Å². The molecule has 1 aromatic heterocycles. The average Bonchev–Trinajstić information content (AvgIpc) is 2.75. The highest BCUT2D eigenvalue weighted by Gasteiger charge is 2.33. The molecule has 0 saturated heterocycles. The molecule has 31 heavy (non-hydrogen) atoms. The van der Waals surface area contributed by atoms with Gasteiger partial charge in [0.05, 0.1) is 16.3 Å². The van der Waals surface area contributed by atoms with E-state index in [0.29, 0.717) is 34.6 Å². The molecule has 1 unspecified atom stereocenters. The van der Waals surface area contributed by atoms with Gasteiger partial charge in [0.1, 0.15) is 0 Å². The molecule has 0 radical (unpaired) electrons. The number of benzene rings is 3. The summed E-state index contributed by atoms with van der Waals surface area (Å²) in [6.07, 6.45) is 1.15. The Kier molecular flexibility index (Phi) is 5.42. The Morgan fingerprint density at radius 3 is 2.16 bits per heavy atom. The number of aryl methyl sites for hydroxylation is 1. The zero-order valence-corrected chi connectivity index (χ0v) is 17.5. The number of aromatic carboxylic acids is 1. The van der Waals surface area contributed by atoms with Crippen molar-refractivity contribution in [3.8, 4) is 11.1 Å². The Balaban J connectivity index is 2.13. The largest absolute Gasteiger partial charge is 0.478 e. The van der Waals surface area contributed by atoms with E-state index in [1.54, 1.807) is 22.8 Å². The van der Waals surface area contributed by atoms with E-state index >= 15 is 0 Å². The third-order valence-electron chi connectivity index (χ3n) is 5.72. The second kappa shape index (κ2) is 8.19. The van der Waals surface area contributed by atoms with Gasteiger partial charge < -0.3 is 10.2 Å². The lowest BCUT2D eigenvalue weighted by molar-refractivity contribution is -0.661. The summed E-state index contributed by atoms with van der Waals surface area (Å²) in [4.78, 5) is 24.5. The number of hydrogen-bond acceptors (Lipinski definition) is 2. The maximum absolute atomic E-state index is 12.3. The van der Waals surface area contributed by atoms with E-state index in [4.69, 9.17) is 0 Å². The van der Waals surface area contributed by atoms with Gasteiger partial charge in [-0.3, -0.25) is 0 Å². The quantitative estimate of drug-likeness (QED) is 0.328. The minimum Gasteiger partial charge on any atom is -0.478 e. The van der Waals surface area contributed by atoms with Crippen molar-refractivity contribution in [2.24, 2.45) is 0 Å². The molecule has 0 spiro atoms. The minimum atomic E-state index is -1.03. The molecule has 1 heterocycles. The number of rotatable bonds is 6. The van der Waals surface area contributed by atoms with Gasteiger partial charge in [-0.1, -0.05) is 48.9 Å². The smallest absolute Gasteiger partial charge is 0.373 e. The second-order valence-corrected chi connectivity index (χ2v) is 7.81. The predicted octanol–water partition coefficient (Wildman–Crippen LogP) is 5.38. The molecule has 0 aliphatic carbocycles. The first-order valence-electron chi connectivity index (χ1n) is 10.4. The zero-order chi connectivity index (χ0) is 22.1. The molecule has 5 heteroatoms. The normalized spacial score (nSPS) is 12.2. The fraction of sp³-hybridized carbons (Fsp3) is 0.192. The van der Waals surface area contributed by atoms with Gasteiger partial charge in [-0.05, 0) is 42.7 Å². The Labute approximate surface area is 180 Å². The maximum atomic E-state index is 12.3. The molecule has 0 amide bonds. The lowest BCUT2D eigenvalue weighted by atomic mass is 9.96. The first-order valence-corrected chi connectivity index (χ1v) is 10.4. The molecule has 5 nitrogen and oxygen atoms in total. The van der Waals surface area contributed by atoms with E-state index in [1.165, 1.54) is 0 Å². The summed E-state index contributed by atoms with van der Waals surface area (Å²) in [6.45, 7) is 3.96. The number of para-hydroxylation sites is 1. The third-order valence-corrected chi connectivity index (χ3v) is 5.72. The van der Waals surface area contributed by atoms with Gasteiger partial charge in [0, 0.05) is 18.6 Å². The van der Waals surface area contributed by atoms with Crippen molar-refractivity contribution >= 4 is 33.7 Å². The highest BCUT2D eigenvalue weighted by Crippen LogP contribution is 2.31. The number of aromatic nitrogens is 1. The Bertz CT molecular complexity index is 1310. The lowest BCUT2D eigenvalue weighted by Crippen LogP contribution is -2.45. The summed E-state index contributed by atoms with van der Waals surface area (Å²) in [6, 6.07) is 20.0. The molecule has 0 aliphatic heterocycles. The van der Waals surface area contributed by atoms with Gasteiger partial charge in [0.25, 0.3) is 6.04 Å². The number of carboxylic acid groups (broad SMARTS) is 2. The number of carbonyl (C=O) groups is 2. The fourth-order valence-electron chi connectivity index (χ4n) is 4.24. The summed E-state index contributed by atoms with van der Waals surface area (Å²) in [5.41, 5.74) is 4.41. The van der Waals surface area contributed by atoms with Gasteiger partial charge in [-0.15, -0.1) is 0 Å². The van der Waals surface area contributed by atoms with Crippen LogP contribution in [0.2, 0.25) is 0 Å². The molecule has 4 rings (SSSR count). The van der Waals surface area contributed by atoms with Crippen molar-refractivity contribution in [1.82, 2.24) is 0 Å². The monoisotopic (exact) mass is 414 g/mol. The van der Waals surface area contributed by atoms with E-state index in [9.17, 15) is 19.8 Å². The highest BCUT2D eigenvalue weighted by atomic mass is 16.4. The maximum Gasteiger partial charge on any atom is 0.373 e. The number of aliphatic carboxylic acids is 1. The van der Waals surface area contributed by atoms with Gasteiger partial charge >= 0.3 is 11.9 Å². The number of nitrogens with zero attached hydrogens (tertiary/aromatic N) is 1. The number of pyridine rings is 1. The van der Waals surface area contributed by atoms with Crippen LogP contribution in [0.15, 0.2) is 66.7 Å². The molecule has 2 N–H and O–H groups in total. The molecular weight excluding hydrogens is 390 g/mol. The van der Waals surface area contributed by atoms with Crippen molar-refractivity contribution < 1.29 is 24.4 Å². The fourth-order valence-corrected chi connectivity index (χ4v) is 4.24. The van der Waals surface area contributed by atoms with Gasteiger partial charge in [0.15, 0.2) is 0 Å². The van der Waals surface area contributed by atoms with E-state index in [-0.39, 0.29) is 5.56 Å². The predicted molar refractivity (Wildman–Crippen MR) is 120 cm³/mol. The zero-order valence-electron chi connectivity index (χ0n) is 17.5. The molecule has 3 aromatic carbocycles. The van der Waals surface area contributed by atoms with Crippen LogP contribution >= 0.6 is 0 Å². The topological polar surface area (TPSA) is 78.5 Å². The van der Waals surface area contributed by atoms with Crippen LogP contribution in [0.3, 0.4) is 0 Å². The molecule has 0 bridgehead atoms. The standard InChI is InChI=1S/C26H23NO4/c1-3-6-23(25(28)29)27-21-8-5-4-7-19(21)24(26(30)31)20-15-18(13-14-22(20)27)17-11-9-16(2)10-12-17/h4-5,7-15,23H,3,6H2,1-2H3,(H-,28,29,30,31)/p+1. The van der Waals surface area contributed by atoms with Gasteiger partial charge in [0.2, 0.25) is 11.0 Å². The van der Waals surface area contributed by atoms with Crippen LogP contribution in [0.5, 0.6) is 0 Å². The highest BCUT2D eigenvalue weighted by molar-refractivity contribution is 6.12. The van der Waals surface area contributed by atoms with Crippen molar-refractivity contribution in [1.29, 1.82) is 0 Å². The van der Waals surface area contributed by atoms with Crippen LogP contribution in [0.25, 0.3) is 32.9 Å². The van der Waals surface area contributed by atoms with Crippen molar-refractivity contribution in [2.75, 3.05) is 0 Å². The van der Waals surface area contributed by atoms with Crippen LogP contribution in [-0.4, -0.2) is 22.2 Å². The number of carboxylic acids is 2. The van der Waals surface area contributed by atoms with Gasteiger partial charge in [-0.25, -0.2) is 9.59 Å². The van der Waals surface area contributed by atoms with E-state index in [2.05, 4.69) is 0 Å². The summed E-state index contributed by atoms with van der Waals surface area (Å²) in [7, 11) is 0. The summed E-state index contributed by atoms with van der Waals surface area (Å²) < 4.78 is 1.78. The van der Waals surface area contributed by atoms with Crippen LogP contribution in [-0.2, 0) is 4.79 Å². The molecule has 0 fully saturated rings. The molecule has 1 atom stereocenters. The number of fused-ring (bicyclic) bond motifs is 2.